The molecule has 0 amide bonds. The van der Waals surface area contributed by atoms with Crippen molar-refractivity contribution in [1.82, 2.24) is 0 Å². The van der Waals surface area contributed by atoms with Crippen LogP contribution in [0.2, 0.25) is 5.02 Å². The highest BCUT2D eigenvalue weighted by Gasteiger charge is 2.14. The van der Waals surface area contributed by atoms with E-state index in [1.165, 1.54) is 0 Å². The summed E-state index contributed by atoms with van der Waals surface area (Å²) < 4.78 is 5.34. The van der Waals surface area contributed by atoms with E-state index < -0.39 is 0 Å². The summed E-state index contributed by atoms with van der Waals surface area (Å²) in [4.78, 5) is 0.506. The monoisotopic (exact) mass is 257 g/mol. The van der Waals surface area contributed by atoms with Crippen LogP contribution < -0.4 is 10.5 Å². The van der Waals surface area contributed by atoms with Gasteiger partial charge in [-0.15, -0.1) is 0 Å². The predicted octanol–water partition coefficient (Wildman–Crippen LogP) is 3.44. The first-order chi connectivity index (χ1) is 7.45. The second-order valence-corrected chi connectivity index (χ2v) is 4.85. The van der Waals surface area contributed by atoms with Crippen LogP contribution in [0, 0.1) is 6.92 Å². The van der Waals surface area contributed by atoms with Crippen LogP contribution in [0.5, 0.6) is 5.75 Å². The first-order valence-corrected chi connectivity index (χ1v) is 5.86. The van der Waals surface area contributed by atoms with Crippen molar-refractivity contribution in [2.75, 3.05) is 7.11 Å². The number of ether oxygens (including phenoxy) is 1. The summed E-state index contributed by atoms with van der Waals surface area (Å²) in [5.74, 6) is 1.05. The first kappa shape index (κ1) is 13.3. The Morgan fingerprint density at radius 3 is 2.69 bits per heavy atom. The van der Waals surface area contributed by atoms with E-state index in [4.69, 9.17) is 34.3 Å². The highest BCUT2D eigenvalue weighted by Crippen LogP contribution is 2.33. The molecule has 1 aromatic carbocycles. The van der Waals surface area contributed by atoms with E-state index >= 15 is 0 Å². The zero-order valence-corrected chi connectivity index (χ0v) is 11.3. The molecule has 2 nitrogen and oxygen atoms in total. The summed E-state index contributed by atoms with van der Waals surface area (Å²) in [6.07, 6.45) is 0.658. The third-order valence-electron chi connectivity index (χ3n) is 2.55. The maximum Gasteiger partial charge on any atom is 0.122 e. The Labute approximate surface area is 107 Å². The van der Waals surface area contributed by atoms with Gasteiger partial charge in [0, 0.05) is 11.4 Å². The topological polar surface area (TPSA) is 35.2 Å². The van der Waals surface area contributed by atoms with Gasteiger partial charge in [0.05, 0.1) is 12.1 Å². The van der Waals surface area contributed by atoms with E-state index in [0.29, 0.717) is 11.4 Å². The van der Waals surface area contributed by atoms with Crippen LogP contribution >= 0.6 is 23.8 Å². The molecule has 0 heterocycles. The number of rotatable bonds is 4. The van der Waals surface area contributed by atoms with Gasteiger partial charge in [0.1, 0.15) is 5.75 Å². The fourth-order valence-electron chi connectivity index (χ4n) is 1.64. The molecule has 0 saturated carbocycles. The molecule has 0 aliphatic rings. The SMILES string of the molecule is COc1cc(C)c(Cl)cc1C(C)CC(N)=S. The average molecular weight is 258 g/mol. The Morgan fingerprint density at radius 2 is 2.19 bits per heavy atom. The number of methoxy groups -OCH3 is 1. The number of hydrogen-bond acceptors (Lipinski definition) is 2. The van der Waals surface area contributed by atoms with Gasteiger partial charge in [-0.2, -0.15) is 0 Å². The van der Waals surface area contributed by atoms with Crippen molar-refractivity contribution in [3.8, 4) is 5.75 Å². The molecule has 0 bridgehead atoms. The maximum absolute atomic E-state index is 6.10. The molecular weight excluding hydrogens is 242 g/mol. The van der Waals surface area contributed by atoms with Crippen molar-refractivity contribution in [3.05, 3.63) is 28.3 Å². The molecule has 0 aromatic heterocycles. The van der Waals surface area contributed by atoms with Crippen LogP contribution in [0.3, 0.4) is 0 Å². The van der Waals surface area contributed by atoms with Crippen molar-refractivity contribution in [3.63, 3.8) is 0 Å². The van der Waals surface area contributed by atoms with Crippen LogP contribution in [-0.2, 0) is 0 Å². The molecule has 0 spiro atoms. The summed E-state index contributed by atoms with van der Waals surface area (Å²) in [5, 5.41) is 0.741. The molecule has 0 aliphatic heterocycles. The van der Waals surface area contributed by atoms with E-state index in [1.54, 1.807) is 7.11 Å². The Kier molecular flexibility index (Phi) is 4.56. The summed E-state index contributed by atoms with van der Waals surface area (Å²) in [5.41, 5.74) is 7.60. The summed E-state index contributed by atoms with van der Waals surface area (Å²) in [7, 11) is 1.65. The summed E-state index contributed by atoms with van der Waals surface area (Å²) in [6.45, 7) is 4.01. The van der Waals surface area contributed by atoms with Gasteiger partial charge >= 0.3 is 0 Å². The minimum atomic E-state index is 0.213. The molecule has 0 saturated heterocycles. The zero-order valence-electron chi connectivity index (χ0n) is 9.71. The lowest BCUT2D eigenvalue weighted by atomic mass is 9.95. The fraction of sp³-hybridized carbons (Fsp3) is 0.417. The van der Waals surface area contributed by atoms with Gasteiger partial charge in [0.25, 0.3) is 0 Å². The molecule has 1 atom stereocenters. The van der Waals surface area contributed by atoms with Crippen molar-refractivity contribution >= 4 is 28.8 Å². The maximum atomic E-state index is 6.10. The van der Waals surface area contributed by atoms with Gasteiger partial charge in [0.2, 0.25) is 0 Å². The Balaban J connectivity index is 3.10. The number of halogens is 1. The smallest absolute Gasteiger partial charge is 0.122 e. The van der Waals surface area contributed by atoms with Gasteiger partial charge in [-0.25, -0.2) is 0 Å². The second kappa shape index (κ2) is 5.51. The predicted molar refractivity (Wildman–Crippen MR) is 72.6 cm³/mol. The van der Waals surface area contributed by atoms with Crippen molar-refractivity contribution < 1.29 is 4.74 Å². The highest BCUT2D eigenvalue weighted by molar-refractivity contribution is 7.80. The molecule has 16 heavy (non-hydrogen) atoms. The largest absolute Gasteiger partial charge is 0.496 e. The molecule has 0 fully saturated rings. The van der Waals surface area contributed by atoms with Crippen molar-refractivity contribution in [2.24, 2.45) is 5.73 Å². The van der Waals surface area contributed by atoms with Crippen LogP contribution in [0.4, 0.5) is 0 Å². The van der Waals surface area contributed by atoms with Crippen LogP contribution in [0.25, 0.3) is 0 Å². The minimum Gasteiger partial charge on any atom is -0.496 e. The molecule has 1 unspecified atom stereocenters. The molecule has 88 valence electrons. The third-order valence-corrected chi connectivity index (χ3v) is 3.12. The molecule has 4 heteroatoms. The summed E-state index contributed by atoms with van der Waals surface area (Å²) >= 11 is 11.0. The van der Waals surface area contributed by atoms with Crippen LogP contribution in [0.1, 0.15) is 30.4 Å². The summed E-state index contributed by atoms with van der Waals surface area (Å²) in [6, 6.07) is 3.87. The van der Waals surface area contributed by atoms with Gasteiger partial charge < -0.3 is 10.5 Å². The average Bonchev–Trinajstić information content (AvgIpc) is 2.20. The van der Waals surface area contributed by atoms with E-state index in [9.17, 15) is 0 Å². The lowest BCUT2D eigenvalue weighted by Crippen LogP contribution is -2.12. The Hall–Kier alpha value is -0.800. The first-order valence-electron chi connectivity index (χ1n) is 5.08. The Morgan fingerprint density at radius 1 is 1.56 bits per heavy atom. The standard InChI is InChI=1S/C12H16ClNOS/c1-7(5-12(14)16)9-6-10(13)8(2)4-11(9)15-3/h4,6-7H,5H2,1-3H3,(H2,14,16). The van der Waals surface area contributed by atoms with Crippen LogP contribution in [0.15, 0.2) is 12.1 Å². The van der Waals surface area contributed by atoms with Crippen LogP contribution in [-0.4, -0.2) is 12.1 Å². The van der Waals surface area contributed by atoms with Crippen molar-refractivity contribution in [2.45, 2.75) is 26.2 Å². The fourth-order valence-corrected chi connectivity index (χ4v) is 2.07. The lowest BCUT2D eigenvalue weighted by molar-refractivity contribution is 0.406. The normalized spacial score (nSPS) is 12.2. The van der Waals surface area contributed by atoms with E-state index in [-0.39, 0.29) is 5.92 Å². The van der Waals surface area contributed by atoms with E-state index in [1.807, 2.05) is 19.1 Å². The van der Waals surface area contributed by atoms with E-state index in [2.05, 4.69) is 6.92 Å². The molecule has 0 radical (unpaired) electrons. The number of aryl methyl sites for hydroxylation is 1. The minimum absolute atomic E-state index is 0.213. The third kappa shape index (κ3) is 3.09. The van der Waals surface area contributed by atoms with Gasteiger partial charge in [0.15, 0.2) is 0 Å². The van der Waals surface area contributed by atoms with Gasteiger partial charge in [-0.1, -0.05) is 30.7 Å². The molecule has 1 rings (SSSR count). The van der Waals surface area contributed by atoms with E-state index in [0.717, 1.165) is 21.9 Å². The van der Waals surface area contributed by atoms with Gasteiger partial charge in [-0.3, -0.25) is 0 Å². The molecule has 1 aromatic rings. The molecule has 2 N–H and O–H groups in total. The molecular formula is C12H16ClNOS. The number of nitrogens with two attached hydrogens (primary N) is 1. The lowest BCUT2D eigenvalue weighted by Gasteiger charge is -2.16. The highest BCUT2D eigenvalue weighted by atomic mass is 35.5. The van der Waals surface area contributed by atoms with Gasteiger partial charge in [-0.05, 0) is 36.1 Å². The quantitative estimate of drug-likeness (QED) is 0.840. The number of hydrogen-bond donors (Lipinski definition) is 1. The van der Waals surface area contributed by atoms with Crippen molar-refractivity contribution in [1.29, 1.82) is 0 Å². The number of benzene rings is 1. The Bertz CT molecular complexity index is 406. The molecule has 0 aliphatic carbocycles. The number of thiocarbonyl (C=S) groups is 1. The zero-order chi connectivity index (χ0) is 12.3. The second-order valence-electron chi connectivity index (χ2n) is 3.91.